The molecule has 2 unspecified atom stereocenters. The average molecular weight is 1190 g/mol. The van der Waals surface area contributed by atoms with Crippen molar-refractivity contribution in [2.75, 3.05) is 7.11 Å². The fourth-order valence-electron chi connectivity index (χ4n) is 14.6. The molecule has 5 nitrogen and oxygen atoms in total. The Bertz CT molecular complexity index is 4450. The summed E-state index contributed by atoms with van der Waals surface area (Å²) in [5.41, 5.74) is 21.0. The third-order valence-electron chi connectivity index (χ3n) is 18.6. The number of aryl methyl sites for hydroxylation is 1. The summed E-state index contributed by atoms with van der Waals surface area (Å²) in [6.45, 7) is 11.5. The van der Waals surface area contributed by atoms with Crippen molar-refractivity contribution in [3.8, 4) is 79.0 Å². The number of ether oxygens (including phenoxy) is 4. The largest absolute Gasteiger partial charge is 0.497 e. The lowest BCUT2D eigenvalue weighted by molar-refractivity contribution is 0.132. The Balaban J connectivity index is 0.673. The van der Waals surface area contributed by atoms with E-state index in [2.05, 4.69) is 302 Å². The van der Waals surface area contributed by atoms with Crippen molar-refractivity contribution in [3.05, 3.63) is 346 Å². The first-order valence-corrected chi connectivity index (χ1v) is 31.8. The Morgan fingerprint density at radius 1 is 0.396 bits per heavy atom. The van der Waals surface area contributed by atoms with Crippen molar-refractivity contribution in [1.82, 2.24) is 0 Å². The van der Waals surface area contributed by atoms with Gasteiger partial charge in [0.05, 0.1) is 24.0 Å². The highest BCUT2D eigenvalue weighted by Crippen LogP contribution is 2.58. The van der Waals surface area contributed by atoms with Crippen LogP contribution in [0, 0.1) is 18.3 Å². The van der Waals surface area contributed by atoms with Gasteiger partial charge in [-0.1, -0.05) is 246 Å². The minimum Gasteiger partial charge on any atom is -0.497 e. The highest BCUT2D eigenvalue weighted by molar-refractivity contribution is 5.88. The van der Waals surface area contributed by atoms with E-state index in [1.54, 1.807) is 7.11 Å². The van der Waals surface area contributed by atoms with E-state index < -0.39 is 16.9 Å². The van der Waals surface area contributed by atoms with Crippen LogP contribution in [0.1, 0.15) is 108 Å². The lowest BCUT2D eigenvalue weighted by Crippen LogP contribution is -2.28. The molecular formula is C86H74O5. The van der Waals surface area contributed by atoms with Crippen molar-refractivity contribution in [2.24, 2.45) is 11.3 Å². The van der Waals surface area contributed by atoms with Crippen LogP contribution in [0.3, 0.4) is 0 Å². The average Bonchev–Trinajstić information content (AvgIpc) is 1.56. The highest BCUT2D eigenvalue weighted by atomic mass is 16.5. The fraction of sp³-hybridized carbons (Fsp3) is 0.163. The van der Waals surface area contributed by atoms with E-state index in [0.29, 0.717) is 30.4 Å². The molecule has 5 heteroatoms. The smallest absolute Gasteiger partial charge is 0.133 e. The van der Waals surface area contributed by atoms with Gasteiger partial charge in [-0.05, 0) is 198 Å². The molecule has 0 aromatic heterocycles. The number of aliphatic hydroxyl groups is 1. The second-order valence-electron chi connectivity index (χ2n) is 25.9. The van der Waals surface area contributed by atoms with E-state index in [0.717, 1.165) is 73.9 Å². The molecule has 0 aliphatic heterocycles. The maximum atomic E-state index is 12.0. The second-order valence-corrected chi connectivity index (χ2v) is 25.9. The summed E-state index contributed by atoms with van der Waals surface area (Å²) in [4.78, 5) is 0. The molecule has 2 aliphatic rings. The minimum absolute atomic E-state index is 0.157. The van der Waals surface area contributed by atoms with Crippen LogP contribution in [0.4, 0.5) is 0 Å². The van der Waals surface area contributed by atoms with Crippen LogP contribution in [0.2, 0.25) is 0 Å². The first-order valence-electron chi connectivity index (χ1n) is 31.8. The summed E-state index contributed by atoms with van der Waals surface area (Å²) < 4.78 is 25.4. The van der Waals surface area contributed by atoms with Crippen molar-refractivity contribution in [3.63, 3.8) is 0 Å². The van der Waals surface area contributed by atoms with Gasteiger partial charge in [0, 0.05) is 5.56 Å². The summed E-state index contributed by atoms with van der Waals surface area (Å²) in [6, 6.07) is 101. The van der Waals surface area contributed by atoms with Crippen LogP contribution in [0.5, 0.6) is 34.5 Å². The highest BCUT2D eigenvalue weighted by Gasteiger charge is 2.47. The maximum Gasteiger partial charge on any atom is 0.133 e. The monoisotopic (exact) mass is 1190 g/mol. The normalized spacial score (nSPS) is 13.9. The number of methoxy groups -OCH3 is 1. The standard InChI is InChI=1S/C86H74O5/c1-57-23-27-62(28-24-57)63-33-52-83(77(54-63)82(87)53-58(2)55-84(3,4)5)91-72-50-40-67(41-51-72)86(80-21-13-9-17-75(80)76-18-10-14-22-81(76)86)65-36-46-69(47-37-65)89-56-59-25-29-60(30-26-59)61-31-42-70(43-32-61)90-71-48-38-66(39-49-71)85(64-34-44-68(88-6)45-35-64)78-19-11-7-15-73(78)74-16-8-12-20-79(74)85/h7-52,54,58,82,87H,53,55-56H2,1-6H3. The molecule has 0 fully saturated rings. The van der Waals surface area contributed by atoms with Gasteiger partial charge in [-0.2, -0.15) is 0 Å². The molecule has 12 aromatic rings. The predicted octanol–water partition coefficient (Wildman–Crippen LogP) is 21.7. The van der Waals surface area contributed by atoms with Crippen LogP contribution >= 0.6 is 0 Å². The lowest BCUT2D eigenvalue weighted by Gasteiger charge is -2.34. The van der Waals surface area contributed by atoms with Gasteiger partial charge in [-0.25, -0.2) is 0 Å². The molecular weight excluding hydrogens is 1110 g/mol. The molecule has 1 N–H and O–H groups in total. The third kappa shape index (κ3) is 11.1. The summed E-state index contributed by atoms with van der Waals surface area (Å²) >= 11 is 0. The van der Waals surface area contributed by atoms with Gasteiger partial charge in [0.25, 0.3) is 0 Å². The van der Waals surface area contributed by atoms with Gasteiger partial charge < -0.3 is 24.1 Å². The van der Waals surface area contributed by atoms with E-state index in [9.17, 15) is 5.11 Å². The molecule has 0 bridgehead atoms. The van der Waals surface area contributed by atoms with Gasteiger partial charge >= 0.3 is 0 Å². The molecule has 0 radical (unpaired) electrons. The van der Waals surface area contributed by atoms with Gasteiger partial charge in [0.1, 0.15) is 41.1 Å². The summed E-state index contributed by atoms with van der Waals surface area (Å²) in [5.74, 6) is 4.84. The van der Waals surface area contributed by atoms with Crippen LogP contribution in [0.15, 0.2) is 285 Å². The van der Waals surface area contributed by atoms with Crippen molar-refractivity contribution >= 4 is 0 Å². The quantitative estimate of drug-likeness (QED) is 0.0928. The molecule has 14 rings (SSSR count). The number of hydrogen-bond donors (Lipinski definition) is 1. The van der Waals surface area contributed by atoms with Crippen LogP contribution < -0.4 is 18.9 Å². The number of benzene rings is 12. The zero-order valence-corrected chi connectivity index (χ0v) is 52.5. The predicted molar refractivity (Wildman–Crippen MR) is 370 cm³/mol. The fourth-order valence-corrected chi connectivity index (χ4v) is 14.6. The summed E-state index contributed by atoms with van der Waals surface area (Å²) in [6.07, 6.45) is 0.947. The van der Waals surface area contributed by atoms with Gasteiger partial charge in [-0.3, -0.25) is 0 Å². The van der Waals surface area contributed by atoms with E-state index in [-0.39, 0.29) is 5.41 Å². The van der Waals surface area contributed by atoms with E-state index in [4.69, 9.17) is 18.9 Å². The van der Waals surface area contributed by atoms with E-state index >= 15 is 0 Å². The van der Waals surface area contributed by atoms with Gasteiger partial charge in [0.15, 0.2) is 0 Å². The molecule has 91 heavy (non-hydrogen) atoms. The Labute approximate surface area is 535 Å². The lowest BCUT2D eigenvalue weighted by atomic mass is 9.68. The Kier molecular flexibility index (Phi) is 15.6. The Morgan fingerprint density at radius 2 is 0.758 bits per heavy atom. The van der Waals surface area contributed by atoms with Gasteiger partial charge in [0.2, 0.25) is 0 Å². The Morgan fingerprint density at radius 3 is 1.20 bits per heavy atom. The van der Waals surface area contributed by atoms with E-state index in [1.807, 2.05) is 18.2 Å². The van der Waals surface area contributed by atoms with Gasteiger partial charge in [-0.15, -0.1) is 0 Å². The molecule has 0 saturated carbocycles. The zero-order valence-electron chi connectivity index (χ0n) is 52.5. The zero-order chi connectivity index (χ0) is 62.3. The topological polar surface area (TPSA) is 57.2 Å². The number of hydrogen-bond acceptors (Lipinski definition) is 5. The van der Waals surface area contributed by atoms with Crippen LogP contribution in [0.25, 0.3) is 44.5 Å². The van der Waals surface area contributed by atoms with Crippen molar-refractivity contribution in [2.45, 2.75) is 71.0 Å². The van der Waals surface area contributed by atoms with E-state index in [1.165, 1.54) is 61.2 Å². The van der Waals surface area contributed by atoms with Crippen molar-refractivity contribution in [1.29, 1.82) is 0 Å². The number of fused-ring (bicyclic) bond motifs is 6. The molecule has 0 spiro atoms. The molecule has 12 aromatic carbocycles. The maximum absolute atomic E-state index is 12.0. The van der Waals surface area contributed by atoms with Crippen LogP contribution in [-0.4, -0.2) is 12.2 Å². The molecule has 0 saturated heterocycles. The Hall–Kier alpha value is -10.2. The number of rotatable bonds is 18. The first-order chi connectivity index (χ1) is 44.3. The first kappa shape index (κ1) is 58.5. The van der Waals surface area contributed by atoms with Crippen molar-refractivity contribution < 1.29 is 24.1 Å². The summed E-state index contributed by atoms with van der Waals surface area (Å²) in [7, 11) is 1.71. The summed E-state index contributed by atoms with van der Waals surface area (Å²) in [5, 5.41) is 12.0. The second kappa shape index (κ2) is 24.3. The third-order valence-corrected chi connectivity index (χ3v) is 18.6. The minimum atomic E-state index is -0.697. The SMILES string of the molecule is COc1ccc(C2(c3ccc(Oc4ccc(-c5ccc(COc6ccc(C7(c8ccc(Oc9ccc(-c%10ccc(C)cc%10)cc9C(O)CC(C)CC(C)(C)C)cc8)c8ccccc8-c8ccccc87)cc6)cc5)cc4)cc3)c3ccccc3-c3ccccc32)cc1. The molecule has 448 valence electrons. The van der Waals surface area contributed by atoms with Crippen LogP contribution in [-0.2, 0) is 17.4 Å². The molecule has 0 heterocycles. The molecule has 2 aliphatic carbocycles. The molecule has 2 atom stereocenters. The number of aliphatic hydroxyl groups excluding tert-OH is 1. The molecule has 0 amide bonds.